The third-order valence-electron chi connectivity index (χ3n) is 3.35. The standard InChI is InChI=1S/C16H25N/c1-11(2)16(10-17-6)9-15-8-13(4)12(3)7-14(15)5/h7-9,11,17H,10H2,1-6H3. The van der Waals surface area contributed by atoms with Crippen molar-refractivity contribution in [2.75, 3.05) is 13.6 Å². The molecule has 0 atom stereocenters. The topological polar surface area (TPSA) is 12.0 Å². The second-order valence-corrected chi connectivity index (χ2v) is 5.20. The fourth-order valence-corrected chi connectivity index (χ4v) is 1.96. The van der Waals surface area contributed by atoms with Gasteiger partial charge in [-0.05, 0) is 56.0 Å². The van der Waals surface area contributed by atoms with Gasteiger partial charge in [0.1, 0.15) is 0 Å². The summed E-state index contributed by atoms with van der Waals surface area (Å²) in [5, 5.41) is 3.25. The predicted molar refractivity (Wildman–Crippen MR) is 77.4 cm³/mol. The number of rotatable bonds is 4. The molecule has 0 unspecified atom stereocenters. The van der Waals surface area contributed by atoms with Gasteiger partial charge >= 0.3 is 0 Å². The van der Waals surface area contributed by atoms with Crippen molar-refractivity contribution in [1.29, 1.82) is 0 Å². The summed E-state index contributed by atoms with van der Waals surface area (Å²) in [6, 6.07) is 4.57. The molecule has 1 aromatic rings. The fraction of sp³-hybridized carbons (Fsp3) is 0.500. The summed E-state index contributed by atoms with van der Waals surface area (Å²) >= 11 is 0. The van der Waals surface area contributed by atoms with Crippen LogP contribution in [0.5, 0.6) is 0 Å². The van der Waals surface area contributed by atoms with E-state index in [9.17, 15) is 0 Å². The Kier molecular flexibility index (Phi) is 4.95. The first-order valence-corrected chi connectivity index (χ1v) is 6.38. The summed E-state index contributed by atoms with van der Waals surface area (Å²) in [4.78, 5) is 0. The number of hydrogen-bond donors (Lipinski definition) is 1. The predicted octanol–water partition coefficient (Wildman–Crippen LogP) is 3.87. The third kappa shape index (κ3) is 3.71. The number of hydrogen-bond acceptors (Lipinski definition) is 1. The highest BCUT2D eigenvalue weighted by Crippen LogP contribution is 2.20. The van der Waals surface area contributed by atoms with Crippen molar-refractivity contribution in [1.82, 2.24) is 5.32 Å². The van der Waals surface area contributed by atoms with Crippen LogP contribution in [0.25, 0.3) is 6.08 Å². The van der Waals surface area contributed by atoms with E-state index in [2.05, 4.69) is 58.1 Å². The number of likely N-dealkylation sites (N-methyl/N-ethyl adjacent to an activating group) is 1. The van der Waals surface area contributed by atoms with E-state index in [1.54, 1.807) is 0 Å². The largest absolute Gasteiger partial charge is 0.316 e. The Labute approximate surface area is 106 Å². The Bertz CT molecular complexity index is 414. The van der Waals surface area contributed by atoms with E-state index >= 15 is 0 Å². The maximum Gasteiger partial charge on any atom is 0.0167 e. The Morgan fingerprint density at radius 1 is 1.12 bits per heavy atom. The third-order valence-corrected chi connectivity index (χ3v) is 3.35. The molecule has 0 bridgehead atoms. The molecule has 0 aliphatic rings. The van der Waals surface area contributed by atoms with Gasteiger partial charge in [0, 0.05) is 6.54 Å². The van der Waals surface area contributed by atoms with Gasteiger partial charge in [-0.1, -0.05) is 37.6 Å². The average molecular weight is 231 g/mol. The highest BCUT2D eigenvalue weighted by atomic mass is 14.8. The zero-order valence-electron chi connectivity index (χ0n) is 12.0. The van der Waals surface area contributed by atoms with Crippen LogP contribution < -0.4 is 5.32 Å². The van der Waals surface area contributed by atoms with Gasteiger partial charge in [-0.3, -0.25) is 0 Å². The SMILES string of the molecule is CNCC(=Cc1cc(C)c(C)cc1C)C(C)C. The van der Waals surface area contributed by atoms with E-state index in [0.717, 1.165) is 6.54 Å². The van der Waals surface area contributed by atoms with E-state index in [1.165, 1.54) is 27.8 Å². The zero-order chi connectivity index (χ0) is 13.0. The van der Waals surface area contributed by atoms with E-state index in [-0.39, 0.29) is 0 Å². The highest BCUT2D eigenvalue weighted by molar-refractivity contribution is 5.59. The van der Waals surface area contributed by atoms with Crippen molar-refractivity contribution in [3.8, 4) is 0 Å². The van der Waals surface area contributed by atoms with Crippen molar-refractivity contribution in [2.24, 2.45) is 5.92 Å². The molecule has 0 aliphatic heterocycles. The van der Waals surface area contributed by atoms with Crippen LogP contribution in [0.4, 0.5) is 0 Å². The molecule has 1 aromatic carbocycles. The first-order valence-electron chi connectivity index (χ1n) is 6.38. The first kappa shape index (κ1) is 14.0. The molecule has 0 saturated heterocycles. The van der Waals surface area contributed by atoms with Crippen LogP contribution in [0.2, 0.25) is 0 Å². The molecule has 0 fully saturated rings. The van der Waals surface area contributed by atoms with Crippen LogP contribution in [-0.2, 0) is 0 Å². The normalized spacial score (nSPS) is 12.3. The van der Waals surface area contributed by atoms with Crippen LogP contribution in [0.1, 0.15) is 36.1 Å². The van der Waals surface area contributed by atoms with Crippen molar-refractivity contribution in [3.05, 3.63) is 40.0 Å². The minimum atomic E-state index is 0.587. The van der Waals surface area contributed by atoms with E-state index < -0.39 is 0 Å². The van der Waals surface area contributed by atoms with E-state index in [4.69, 9.17) is 0 Å². The lowest BCUT2D eigenvalue weighted by molar-refractivity contribution is 0.713. The van der Waals surface area contributed by atoms with Crippen molar-refractivity contribution < 1.29 is 0 Å². The molecule has 0 aromatic heterocycles. The van der Waals surface area contributed by atoms with Crippen molar-refractivity contribution in [3.63, 3.8) is 0 Å². The van der Waals surface area contributed by atoms with Gasteiger partial charge < -0.3 is 5.32 Å². The van der Waals surface area contributed by atoms with Gasteiger partial charge in [-0.2, -0.15) is 0 Å². The Hall–Kier alpha value is -1.08. The molecule has 17 heavy (non-hydrogen) atoms. The molecule has 0 spiro atoms. The molecule has 0 amide bonds. The van der Waals surface area contributed by atoms with Gasteiger partial charge in [-0.15, -0.1) is 0 Å². The second kappa shape index (κ2) is 6.02. The molecular formula is C16H25N. The lowest BCUT2D eigenvalue weighted by atomic mass is 9.95. The average Bonchev–Trinajstić information content (AvgIpc) is 2.24. The highest BCUT2D eigenvalue weighted by Gasteiger charge is 2.05. The lowest BCUT2D eigenvalue weighted by Crippen LogP contribution is -2.14. The maximum absolute atomic E-state index is 3.25. The quantitative estimate of drug-likeness (QED) is 0.829. The molecule has 0 heterocycles. The summed E-state index contributed by atoms with van der Waals surface area (Å²) < 4.78 is 0. The molecular weight excluding hydrogens is 206 g/mol. The monoisotopic (exact) mass is 231 g/mol. The number of aryl methyl sites for hydroxylation is 3. The number of benzene rings is 1. The van der Waals surface area contributed by atoms with E-state index in [1.807, 2.05) is 7.05 Å². The van der Waals surface area contributed by atoms with Crippen LogP contribution in [0.15, 0.2) is 17.7 Å². The Balaban J connectivity index is 3.15. The van der Waals surface area contributed by atoms with Crippen LogP contribution in [0, 0.1) is 26.7 Å². The van der Waals surface area contributed by atoms with Gasteiger partial charge in [0.05, 0.1) is 0 Å². The fourth-order valence-electron chi connectivity index (χ4n) is 1.96. The first-order chi connectivity index (χ1) is 7.95. The molecule has 1 heteroatoms. The molecule has 94 valence electrons. The van der Waals surface area contributed by atoms with Crippen LogP contribution >= 0.6 is 0 Å². The molecule has 0 saturated carbocycles. The van der Waals surface area contributed by atoms with E-state index in [0.29, 0.717) is 5.92 Å². The molecule has 0 radical (unpaired) electrons. The Morgan fingerprint density at radius 2 is 1.71 bits per heavy atom. The van der Waals surface area contributed by atoms with Crippen molar-refractivity contribution >= 4 is 6.08 Å². The van der Waals surface area contributed by atoms with Crippen LogP contribution in [-0.4, -0.2) is 13.6 Å². The van der Waals surface area contributed by atoms with Gasteiger partial charge in [0.25, 0.3) is 0 Å². The zero-order valence-corrected chi connectivity index (χ0v) is 12.0. The molecule has 1 nitrogen and oxygen atoms in total. The maximum atomic E-state index is 3.25. The van der Waals surface area contributed by atoms with Gasteiger partial charge in [0.2, 0.25) is 0 Å². The van der Waals surface area contributed by atoms with Crippen LogP contribution in [0.3, 0.4) is 0 Å². The lowest BCUT2D eigenvalue weighted by Gasteiger charge is -2.13. The summed E-state index contributed by atoms with van der Waals surface area (Å²) in [5.74, 6) is 0.587. The molecule has 1 rings (SSSR count). The molecule has 0 aliphatic carbocycles. The minimum absolute atomic E-state index is 0.587. The van der Waals surface area contributed by atoms with Gasteiger partial charge in [0.15, 0.2) is 0 Å². The summed E-state index contributed by atoms with van der Waals surface area (Å²) in [5.41, 5.74) is 6.92. The summed E-state index contributed by atoms with van der Waals surface area (Å²) in [6.45, 7) is 12.0. The minimum Gasteiger partial charge on any atom is -0.316 e. The summed E-state index contributed by atoms with van der Waals surface area (Å²) in [7, 11) is 2.00. The molecule has 1 N–H and O–H groups in total. The second-order valence-electron chi connectivity index (χ2n) is 5.20. The summed E-state index contributed by atoms with van der Waals surface area (Å²) in [6.07, 6.45) is 2.34. The number of nitrogens with one attached hydrogen (secondary N) is 1. The van der Waals surface area contributed by atoms with Crippen molar-refractivity contribution in [2.45, 2.75) is 34.6 Å². The Morgan fingerprint density at radius 3 is 2.24 bits per heavy atom. The smallest absolute Gasteiger partial charge is 0.0167 e. The van der Waals surface area contributed by atoms with Gasteiger partial charge in [-0.25, -0.2) is 0 Å².